The fourth-order valence-corrected chi connectivity index (χ4v) is 2.41. The molecule has 0 atom stereocenters. The molecule has 0 aliphatic heterocycles. The number of halogens is 1. The van der Waals surface area contributed by atoms with Crippen LogP contribution in [0.1, 0.15) is 45.5 Å². The Kier molecular flexibility index (Phi) is 4.10. The number of carbonyl (C=O) groups excluding carboxylic acids is 1. The van der Waals surface area contributed by atoms with Gasteiger partial charge in [-0.1, -0.05) is 12.1 Å². The number of hydrogen-bond donors (Lipinski definition) is 1. The fourth-order valence-electron chi connectivity index (χ4n) is 2.41. The summed E-state index contributed by atoms with van der Waals surface area (Å²) < 4.78 is 19.4. The van der Waals surface area contributed by atoms with Crippen LogP contribution in [0.4, 0.5) is 4.39 Å². The predicted octanol–water partition coefficient (Wildman–Crippen LogP) is 3.69. The van der Waals surface area contributed by atoms with Crippen LogP contribution < -0.4 is 4.74 Å². The van der Waals surface area contributed by atoms with Crippen molar-refractivity contribution in [2.45, 2.75) is 25.4 Å². The first kappa shape index (κ1) is 15.2. The minimum Gasteiger partial charge on any atom is -0.490 e. The van der Waals surface area contributed by atoms with Crippen LogP contribution in [0.25, 0.3) is 0 Å². The molecule has 0 heterocycles. The van der Waals surface area contributed by atoms with Crippen LogP contribution >= 0.6 is 0 Å². The highest BCUT2D eigenvalue weighted by molar-refractivity contribution is 6.10. The summed E-state index contributed by atoms with van der Waals surface area (Å²) in [4.78, 5) is 23.7. The van der Waals surface area contributed by atoms with E-state index in [-0.39, 0.29) is 28.5 Å². The van der Waals surface area contributed by atoms with E-state index >= 15 is 0 Å². The second-order valence-electron chi connectivity index (χ2n) is 5.50. The van der Waals surface area contributed by atoms with Gasteiger partial charge in [-0.05, 0) is 49.6 Å². The quantitative estimate of drug-likeness (QED) is 0.855. The van der Waals surface area contributed by atoms with Crippen molar-refractivity contribution in [3.05, 3.63) is 65.0 Å². The molecule has 118 valence electrons. The van der Waals surface area contributed by atoms with E-state index in [0.717, 1.165) is 19.3 Å². The zero-order chi connectivity index (χ0) is 16.4. The molecule has 0 aromatic heterocycles. The third-order valence-electron chi connectivity index (χ3n) is 3.94. The van der Waals surface area contributed by atoms with Gasteiger partial charge in [0.2, 0.25) is 0 Å². The van der Waals surface area contributed by atoms with Crippen LogP contribution in [0, 0.1) is 5.82 Å². The van der Waals surface area contributed by atoms with E-state index in [9.17, 15) is 19.1 Å². The molecule has 1 fully saturated rings. The van der Waals surface area contributed by atoms with Gasteiger partial charge >= 0.3 is 5.97 Å². The molecule has 1 N–H and O–H groups in total. The fraction of sp³-hybridized carbons (Fsp3) is 0.222. The lowest BCUT2D eigenvalue weighted by molar-refractivity contribution is 0.0679. The van der Waals surface area contributed by atoms with Gasteiger partial charge in [0.05, 0.1) is 11.7 Å². The summed E-state index contributed by atoms with van der Waals surface area (Å²) >= 11 is 0. The monoisotopic (exact) mass is 314 g/mol. The molecule has 2 aromatic rings. The highest BCUT2D eigenvalue weighted by Crippen LogP contribution is 2.29. The number of ketones is 1. The maximum atomic E-state index is 13.8. The highest BCUT2D eigenvalue weighted by atomic mass is 19.1. The number of carboxylic acid groups (broad SMARTS) is 1. The number of carboxylic acids is 1. The molecule has 0 spiro atoms. The molecule has 5 heteroatoms. The Bertz CT molecular complexity index is 765. The maximum absolute atomic E-state index is 13.8. The minimum atomic E-state index is -1.12. The van der Waals surface area contributed by atoms with Gasteiger partial charge in [0.15, 0.2) is 5.78 Å². The molecular weight excluding hydrogens is 299 g/mol. The number of hydrogen-bond acceptors (Lipinski definition) is 3. The van der Waals surface area contributed by atoms with Crippen LogP contribution in [0.3, 0.4) is 0 Å². The minimum absolute atomic E-state index is 0.00184. The largest absolute Gasteiger partial charge is 0.490 e. The standard InChI is InChI=1S/C18H15FO4/c19-15-7-2-1-6-13(15)17(20)11-8-9-14(18(21)22)16(10-11)23-12-4-3-5-12/h1-2,6-10,12H,3-5H2,(H,21,22). The maximum Gasteiger partial charge on any atom is 0.339 e. The molecule has 1 saturated carbocycles. The number of rotatable bonds is 5. The summed E-state index contributed by atoms with van der Waals surface area (Å²) in [5, 5.41) is 9.23. The molecule has 0 saturated heterocycles. The summed E-state index contributed by atoms with van der Waals surface area (Å²) in [5.74, 6) is -2.08. The summed E-state index contributed by atoms with van der Waals surface area (Å²) in [6.07, 6.45) is 2.75. The average molecular weight is 314 g/mol. The van der Waals surface area contributed by atoms with Crippen molar-refractivity contribution >= 4 is 11.8 Å². The third-order valence-corrected chi connectivity index (χ3v) is 3.94. The third kappa shape index (κ3) is 3.08. The molecule has 0 unspecified atom stereocenters. The second kappa shape index (κ2) is 6.20. The van der Waals surface area contributed by atoms with Crippen molar-refractivity contribution in [2.75, 3.05) is 0 Å². The van der Waals surface area contributed by atoms with E-state index < -0.39 is 17.6 Å². The Morgan fingerprint density at radius 2 is 1.83 bits per heavy atom. The van der Waals surface area contributed by atoms with Gasteiger partial charge in [-0.3, -0.25) is 4.79 Å². The number of carbonyl (C=O) groups is 2. The summed E-state index contributed by atoms with van der Waals surface area (Å²) in [7, 11) is 0. The van der Waals surface area contributed by atoms with Gasteiger partial charge in [-0.2, -0.15) is 0 Å². The van der Waals surface area contributed by atoms with E-state index in [1.807, 2.05) is 0 Å². The zero-order valence-electron chi connectivity index (χ0n) is 12.3. The van der Waals surface area contributed by atoms with Crippen molar-refractivity contribution in [3.63, 3.8) is 0 Å². The second-order valence-corrected chi connectivity index (χ2v) is 5.50. The SMILES string of the molecule is O=C(c1ccc(C(=O)O)c(OC2CCC2)c1)c1ccccc1F. The van der Waals surface area contributed by atoms with Gasteiger partial charge in [-0.25, -0.2) is 9.18 Å². The lowest BCUT2D eigenvalue weighted by Crippen LogP contribution is -2.25. The molecule has 0 radical (unpaired) electrons. The Morgan fingerprint density at radius 3 is 2.43 bits per heavy atom. The zero-order valence-corrected chi connectivity index (χ0v) is 12.3. The van der Waals surface area contributed by atoms with E-state index in [2.05, 4.69) is 0 Å². The molecule has 2 aromatic carbocycles. The van der Waals surface area contributed by atoms with Crippen LogP contribution in [-0.4, -0.2) is 23.0 Å². The summed E-state index contributed by atoms with van der Waals surface area (Å²) in [5.41, 5.74) is 0.154. The Balaban J connectivity index is 1.96. The van der Waals surface area contributed by atoms with E-state index in [4.69, 9.17) is 4.74 Å². The van der Waals surface area contributed by atoms with Crippen molar-refractivity contribution in [1.29, 1.82) is 0 Å². The van der Waals surface area contributed by atoms with Crippen LogP contribution in [-0.2, 0) is 0 Å². The molecule has 23 heavy (non-hydrogen) atoms. The van der Waals surface area contributed by atoms with Gasteiger partial charge in [0.1, 0.15) is 17.1 Å². The van der Waals surface area contributed by atoms with Crippen molar-refractivity contribution < 1.29 is 23.8 Å². The van der Waals surface area contributed by atoms with Crippen LogP contribution in [0.5, 0.6) is 5.75 Å². The van der Waals surface area contributed by atoms with Crippen LogP contribution in [0.2, 0.25) is 0 Å². The summed E-state index contributed by atoms with van der Waals surface area (Å²) in [6, 6.07) is 9.78. The Labute approximate surface area is 132 Å². The first-order chi connectivity index (χ1) is 11.1. The normalized spacial score (nSPS) is 14.1. The van der Waals surface area contributed by atoms with Gasteiger partial charge < -0.3 is 9.84 Å². The smallest absolute Gasteiger partial charge is 0.339 e. The van der Waals surface area contributed by atoms with Crippen LogP contribution in [0.15, 0.2) is 42.5 Å². The van der Waals surface area contributed by atoms with Crippen molar-refractivity contribution in [3.8, 4) is 5.75 Å². The lowest BCUT2D eigenvalue weighted by atomic mass is 9.95. The topological polar surface area (TPSA) is 63.6 Å². The highest BCUT2D eigenvalue weighted by Gasteiger charge is 2.23. The van der Waals surface area contributed by atoms with Gasteiger partial charge in [0, 0.05) is 5.56 Å². The molecule has 0 amide bonds. The first-order valence-corrected chi connectivity index (χ1v) is 7.39. The van der Waals surface area contributed by atoms with Gasteiger partial charge in [0.25, 0.3) is 0 Å². The van der Waals surface area contributed by atoms with E-state index in [1.165, 1.54) is 36.4 Å². The molecular formula is C18H15FO4. The van der Waals surface area contributed by atoms with Crippen molar-refractivity contribution in [2.24, 2.45) is 0 Å². The number of benzene rings is 2. The molecule has 3 rings (SSSR count). The Morgan fingerprint density at radius 1 is 1.09 bits per heavy atom. The van der Waals surface area contributed by atoms with E-state index in [1.54, 1.807) is 6.07 Å². The van der Waals surface area contributed by atoms with Gasteiger partial charge in [-0.15, -0.1) is 0 Å². The lowest BCUT2D eigenvalue weighted by Gasteiger charge is -2.27. The molecule has 4 nitrogen and oxygen atoms in total. The Hall–Kier alpha value is -2.69. The van der Waals surface area contributed by atoms with E-state index in [0.29, 0.717) is 0 Å². The van der Waals surface area contributed by atoms with Crippen molar-refractivity contribution in [1.82, 2.24) is 0 Å². The molecule has 0 bridgehead atoms. The molecule has 1 aliphatic rings. The average Bonchev–Trinajstić information content (AvgIpc) is 2.50. The predicted molar refractivity (Wildman–Crippen MR) is 81.5 cm³/mol. The number of ether oxygens (including phenoxy) is 1. The summed E-state index contributed by atoms with van der Waals surface area (Å²) in [6.45, 7) is 0. The molecule has 1 aliphatic carbocycles. The number of aromatic carboxylic acids is 1. The first-order valence-electron chi connectivity index (χ1n) is 7.39.